The molecule has 11 rings (SSSR count). The summed E-state index contributed by atoms with van der Waals surface area (Å²) in [6.07, 6.45) is 7.50. The molecule has 0 aliphatic rings. The third kappa shape index (κ3) is 6.32. The lowest BCUT2D eigenvalue weighted by molar-refractivity contribution is 1.07. The van der Waals surface area contributed by atoms with Gasteiger partial charge in [0.15, 0.2) is 0 Å². The SMILES string of the molecule is Cc1ccnc(-n2c3ccccc3c3ccc(N(C)c4cccc(-c5cnc(-c6cccc(N(C)c7ccc8c9ccccc9n(-c9cc(C)ccn9)c8c7)c6)cn5)c4)cc32)c1. The van der Waals surface area contributed by atoms with E-state index in [9.17, 15) is 0 Å². The van der Waals surface area contributed by atoms with E-state index in [4.69, 9.17) is 19.9 Å². The van der Waals surface area contributed by atoms with Crippen LogP contribution in [0.2, 0.25) is 0 Å². The summed E-state index contributed by atoms with van der Waals surface area (Å²) in [5.41, 5.74) is 14.7. The average Bonchev–Trinajstić information content (AvgIpc) is 3.83. The van der Waals surface area contributed by atoms with Gasteiger partial charge in [0.05, 0.1) is 45.8 Å². The highest BCUT2D eigenvalue weighted by Crippen LogP contribution is 2.38. The zero-order chi connectivity index (χ0) is 41.9. The molecule has 0 amide bonds. The summed E-state index contributed by atoms with van der Waals surface area (Å²) in [6, 6.07) is 55.7. The molecular formula is C54H42N8. The van der Waals surface area contributed by atoms with Crippen molar-refractivity contribution in [3.8, 4) is 34.2 Å². The Morgan fingerprint density at radius 1 is 0.371 bits per heavy atom. The lowest BCUT2D eigenvalue weighted by Gasteiger charge is -2.21. The minimum Gasteiger partial charge on any atom is -0.345 e. The van der Waals surface area contributed by atoms with Crippen LogP contribution in [0.15, 0.2) is 183 Å². The Hall–Kier alpha value is -8.10. The van der Waals surface area contributed by atoms with Crippen molar-refractivity contribution in [3.63, 3.8) is 0 Å². The highest BCUT2D eigenvalue weighted by Gasteiger charge is 2.18. The monoisotopic (exact) mass is 802 g/mol. The summed E-state index contributed by atoms with van der Waals surface area (Å²) in [4.78, 5) is 23.8. The number of rotatable bonds is 8. The molecule has 62 heavy (non-hydrogen) atoms. The largest absolute Gasteiger partial charge is 0.345 e. The number of nitrogens with zero attached hydrogens (tertiary/aromatic N) is 8. The molecule has 8 nitrogen and oxygen atoms in total. The topological polar surface area (TPSA) is 67.9 Å². The van der Waals surface area contributed by atoms with Crippen molar-refractivity contribution in [2.24, 2.45) is 0 Å². The highest BCUT2D eigenvalue weighted by atomic mass is 15.1. The molecule has 11 aromatic rings. The maximum Gasteiger partial charge on any atom is 0.137 e. The van der Waals surface area contributed by atoms with E-state index in [1.165, 1.54) is 32.7 Å². The number of fused-ring (bicyclic) bond motifs is 6. The quantitative estimate of drug-likeness (QED) is 0.152. The van der Waals surface area contributed by atoms with Gasteiger partial charge in [-0.05, 0) is 110 Å². The Kier molecular flexibility index (Phi) is 8.86. The molecule has 0 fully saturated rings. The van der Waals surface area contributed by atoms with Crippen molar-refractivity contribution in [3.05, 3.63) is 194 Å². The van der Waals surface area contributed by atoms with Crippen LogP contribution in [0, 0.1) is 13.8 Å². The first-order valence-corrected chi connectivity index (χ1v) is 20.8. The molecular weight excluding hydrogens is 761 g/mol. The first kappa shape index (κ1) is 36.9. The van der Waals surface area contributed by atoms with Crippen molar-refractivity contribution in [1.29, 1.82) is 0 Å². The second-order valence-corrected chi connectivity index (χ2v) is 16.0. The van der Waals surface area contributed by atoms with Crippen molar-refractivity contribution in [1.82, 2.24) is 29.1 Å². The maximum absolute atomic E-state index is 4.93. The number of hydrogen-bond donors (Lipinski definition) is 0. The summed E-state index contributed by atoms with van der Waals surface area (Å²) in [5.74, 6) is 1.82. The van der Waals surface area contributed by atoms with Crippen LogP contribution >= 0.6 is 0 Å². The number of aryl methyl sites for hydroxylation is 2. The number of aromatic nitrogens is 6. The molecule has 0 aliphatic heterocycles. The van der Waals surface area contributed by atoms with Gasteiger partial charge in [0.2, 0.25) is 0 Å². The number of para-hydroxylation sites is 2. The van der Waals surface area contributed by atoms with E-state index in [1.807, 2.05) is 36.9 Å². The van der Waals surface area contributed by atoms with Crippen molar-refractivity contribution < 1.29 is 0 Å². The van der Waals surface area contributed by atoms with Gasteiger partial charge >= 0.3 is 0 Å². The minimum atomic E-state index is 0.810. The summed E-state index contributed by atoms with van der Waals surface area (Å²) < 4.78 is 4.53. The average molecular weight is 803 g/mol. The zero-order valence-corrected chi connectivity index (χ0v) is 34.9. The lowest BCUT2D eigenvalue weighted by Crippen LogP contribution is -2.10. The van der Waals surface area contributed by atoms with E-state index in [-0.39, 0.29) is 0 Å². The molecule has 6 aromatic carbocycles. The molecule has 0 aliphatic carbocycles. The summed E-state index contributed by atoms with van der Waals surface area (Å²) in [5, 5.41) is 4.80. The van der Waals surface area contributed by atoms with Crippen LogP contribution in [0.1, 0.15) is 11.1 Å². The van der Waals surface area contributed by atoms with Gasteiger partial charge < -0.3 is 9.80 Å². The summed E-state index contributed by atoms with van der Waals surface area (Å²) >= 11 is 0. The summed E-state index contributed by atoms with van der Waals surface area (Å²) in [6.45, 7) is 4.21. The van der Waals surface area contributed by atoms with Gasteiger partial charge in [-0.1, -0.05) is 72.8 Å². The van der Waals surface area contributed by atoms with Crippen LogP contribution in [0.3, 0.4) is 0 Å². The first-order valence-electron chi connectivity index (χ1n) is 20.8. The molecule has 0 saturated carbocycles. The molecule has 5 heterocycles. The van der Waals surface area contributed by atoms with Gasteiger partial charge in [0, 0.05) is 81.9 Å². The van der Waals surface area contributed by atoms with E-state index < -0.39 is 0 Å². The van der Waals surface area contributed by atoms with Crippen LogP contribution in [-0.2, 0) is 0 Å². The molecule has 0 N–H and O–H groups in total. The third-order valence-corrected chi connectivity index (χ3v) is 12.1. The molecule has 5 aromatic heterocycles. The second kappa shape index (κ2) is 14.9. The highest BCUT2D eigenvalue weighted by molar-refractivity contribution is 6.11. The maximum atomic E-state index is 4.93. The number of hydrogen-bond acceptors (Lipinski definition) is 6. The predicted octanol–water partition coefficient (Wildman–Crippen LogP) is 12.9. The minimum absolute atomic E-state index is 0.810. The van der Waals surface area contributed by atoms with Gasteiger partial charge in [-0.15, -0.1) is 0 Å². The first-order chi connectivity index (χ1) is 30.4. The second-order valence-electron chi connectivity index (χ2n) is 16.0. The van der Waals surface area contributed by atoms with Crippen LogP contribution in [0.4, 0.5) is 22.7 Å². The Morgan fingerprint density at radius 3 is 1.23 bits per heavy atom. The number of pyridine rings is 2. The van der Waals surface area contributed by atoms with Gasteiger partial charge in [-0.2, -0.15) is 0 Å². The summed E-state index contributed by atoms with van der Waals surface area (Å²) in [7, 11) is 4.21. The molecule has 8 heteroatoms. The Labute approximate surface area is 359 Å². The van der Waals surface area contributed by atoms with E-state index in [1.54, 1.807) is 0 Å². The van der Waals surface area contributed by atoms with Crippen molar-refractivity contribution in [2.75, 3.05) is 23.9 Å². The Bertz CT molecular complexity index is 3260. The van der Waals surface area contributed by atoms with E-state index in [0.29, 0.717) is 0 Å². The van der Waals surface area contributed by atoms with Gasteiger partial charge in [-0.3, -0.25) is 19.1 Å². The number of benzene rings is 6. The van der Waals surface area contributed by atoms with Crippen LogP contribution < -0.4 is 9.80 Å². The third-order valence-electron chi connectivity index (χ3n) is 12.1. The smallest absolute Gasteiger partial charge is 0.137 e. The van der Waals surface area contributed by atoms with Crippen LogP contribution in [0.5, 0.6) is 0 Å². The number of anilines is 4. The van der Waals surface area contributed by atoms with Crippen LogP contribution in [-0.4, -0.2) is 43.2 Å². The van der Waals surface area contributed by atoms with E-state index in [2.05, 4.69) is 192 Å². The fraction of sp³-hybridized carbons (Fsp3) is 0.0741. The van der Waals surface area contributed by atoms with E-state index >= 15 is 0 Å². The Balaban J connectivity index is 0.875. The molecule has 0 radical (unpaired) electrons. The predicted molar refractivity (Wildman–Crippen MR) is 256 cm³/mol. The van der Waals surface area contributed by atoms with Crippen molar-refractivity contribution >= 4 is 66.4 Å². The fourth-order valence-corrected chi connectivity index (χ4v) is 8.79. The zero-order valence-electron chi connectivity index (χ0n) is 34.9. The molecule has 0 atom stereocenters. The Morgan fingerprint density at radius 2 is 0.790 bits per heavy atom. The molecule has 0 unspecified atom stereocenters. The molecule has 298 valence electrons. The van der Waals surface area contributed by atoms with Gasteiger partial charge in [-0.25, -0.2) is 9.97 Å². The molecule has 0 spiro atoms. The molecule has 0 bridgehead atoms. The lowest BCUT2D eigenvalue weighted by atomic mass is 10.1. The van der Waals surface area contributed by atoms with Gasteiger partial charge in [0.25, 0.3) is 0 Å². The van der Waals surface area contributed by atoms with Crippen LogP contribution in [0.25, 0.3) is 77.8 Å². The van der Waals surface area contributed by atoms with Crippen molar-refractivity contribution in [2.45, 2.75) is 13.8 Å². The molecule has 0 saturated heterocycles. The van der Waals surface area contributed by atoms with E-state index in [0.717, 1.165) is 79.0 Å². The normalized spacial score (nSPS) is 11.5. The standard InChI is InChI=1S/C54H42N8/c1-35-23-25-55-53(27-35)61-49-17-7-5-15-43(49)45-21-19-41(31-51(45)61)59(3)39-13-9-11-37(29-39)47-33-58-48(34-57-47)38-12-10-14-40(30-38)60(4)42-20-22-46-44-16-6-8-18-50(44)62(52(46)32-42)54-28-36(2)24-26-56-54/h5-34H,1-4H3. The fourth-order valence-electron chi connectivity index (χ4n) is 8.79. The van der Waals surface area contributed by atoms with Gasteiger partial charge in [0.1, 0.15) is 11.6 Å².